The van der Waals surface area contributed by atoms with Crippen molar-refractivity contribution >= 4 is 22.6 Å². The number of aryl methyl sites for hydroxylation is 2. The predicted molar refractivity (Wildman–Crippen MR) is 112 cm³/mol. The van der Waals surface area contributed by atoms with Crippen LogP contribution in [0.25, 0.3) is 27.9 Å². The van der Waals surface area contributed by atoms with Crippen molar-refractivity contribution in [3.63, 3.8) is 0 Å². The van der Waals surface area contributed by atoms with Gasteiger partial charge in [0, 0.05) is 38.1 Å². The van der Waals surface area contributed by atoms with Crippen LogP contribution in [-0.2, 0) is 11.3 Å². The molecule has 1 aliphatic carbocycles. The van der Waals surface area contributed by atoms with Crippen LogP contribution in [0.4, 0.5) is 5.95 Å². The number of methoxy groups -OCH3 is 1. The lowest BCUT2D eigenvalue weighted by atomic mass is 9.81. The number of pyridine rings is 1. The summed E-state index contributed by atoms with van der Waals surface area (Å²) in [6.07, 6.45) is 6.02. The van der Waals surface area contributed by atoms with Gasteiger partial charge >= 0.3 is 0 Å². The van der Waals surface area contributed by atoms with Gasteiger partial charge in [0.25, 0.3) is 0 Å². The second-order valence-electron chi connectivity index (χ2n) is 7.72. The first-order valence-electron chi connectivity index (χ1n) is 10.1. The molecule has 1 N–H and O–H groups in total. The largest absolute Gasteiger partial charge is 0.384 e. The minimum atomic E-state index is 0.421. The van der Waals surface area contributed by atoms with E-state index in [0.29, 0.717) is 17.9 Å². The quantitative estimate of drug-likeness (QED) is 0.543. The van der Waals surface area contributed by atoms with E-state index in [2.05, 4.69) is 31.9 Å². The Morgan fingerprint density at radius 2 is 2.07 bits per heavy atom. The number of nitrogens with one attached hydrogen (secondary N) is 1. The molecule has 0 amide bonds. The van der Waals surface area contributed by atoms with Crippen molar-refractivity contribution in [2.75, 3.05) is 19.0 Å². The van der Waals surface area contributed by atoms with Crippen molar-refractivity contribution in [1.82, 2.24) is 29.1 Å². The third kappa shape index (κ3) is 3.13. The van der Waals surface area contributed by atoms with Gasteiger partial charge in [-0.05, 0) is 50.8 Å². The minimum Gasteiger partial charge on any atom is -0.384 e. The SMILES string of the molecule is CCn1c(C)nc2ccc(-c3ccn4nc(N[C@H]5C[C@H](COC)C5)ncc34)nc21. The molecule has 29 heavy (non-hydrogen) atoms. The van der Waals surface area contributed by atoms with Gasteiger partial charge in [0.05, 0.1) is 17.4 Å². The van der Waals surface area contributed by atoms with Crippen LogP contribution in [0.5, 0.6) is 0 Å². The average Bonchev–Trinajstić information content (AvgIpc) is 3.25. The number of anilines is 1. The molecular formula is C21H25N7O. The number of ether oxygens (including phenoxy) is 1. The molecule has 150 valence electrons. The number of hydrogen-bond acceptors (Lipinski definition) is 6. The molecule has 0 saturated heterocycles. The summed E-state index contributed by atoms with van der Waals surface area (Å²) in [6, 6.07) is 6.51. The van der Waals surface area contributed by atoms with Gasteiger partial charge in [-0.3, -0.25) is 0 Å². The van der Waals surface area contributed by atoms with E-state index in [0.717, 1.165) is 59.8 Å². The van der Waals surface area contributed by atoms with Crippen molar-refractivity contribution in [2.45, 2.75) is 39.3 Å². The zero-order chi connectivity index (χ0) is 20.0. The number of hydrogen-bond donors (Lipinski definition) is 1. The number of aromatic nitrogens is 6. The fraction of sp³-hybridized carbons (Fsp3) is 0.429. The highest BCUT2D eigenvalue weighted by Crippen LogP contribution is 2.30. The van der Waals surface area contributed by atoms with Crippen LogP contribution >= 0.6 is 0 Å². The highest BCUT2D eigenvalue weighted by Gasteiger charge is 2.29. The number of fused-ring (bicyclic) bond motifs is 2. The summed E-state index contributed by atoms with van der Waals surface area (Å²) >= 11 is 0. The highest BCUT2D eigenvalue weighted by atomic mass is 16.5. The molecule has 1 aliphatic rings. The van der Waals surface area contributed by atoms with E-state index in [1.807, 2.05) is 42.0 Å². The maximum atomic E-state index is 5.21. The fourth-order valence-corrected chi connectivity index (χ4v) is 4.23. The molecule has 4 aromatic rings. The van der Waals surface area contributed by atoms with Crippen molar-refractivity contribution in [3.05, 3.63) is 36.4 Å². The first-order chi connectivity index (χ1) is 14.2. The van der Waals surface area contributed by atoms with E-state index >= 15 is 0 Å². The smallest absolute Gasteiger partial charge is 0.241 e. The van der Waals surface area contributed by atoms with Gasteiger partial charge in [-0.15, -0.1) is 5.10 Å². The summed E-state index contributed by atoms with van der Waals surface area (Å²) in [7, 11) is 1.76. The third-order valence-electron chi connectivity index (χ3n) is 5.76. The van der Waals surface area contributed by atoms with Gasteiger partial charge in [0.2, 0.25) is 5.95 Å². The minimum absolute atomic E-state index is 0.421. The lowest BCUT2D eigenvalue weighted by molar-refractivity contribution is 0.104. The molecular weight excluding hydrogens is 366 g/mol. The number of imidazole rings is 1. The van der Waals surface area contributed by atoms with Gasteiger partial charge < -0.3 is 14.6 Å². The summed E-state index contributed by atoms with van der Waals surface area (Å²) in [5.74, 6) is 2.28. The van der Waals surface area contributed by atoms with Crippen molar-refractivity contribution in [3.8, 4) is 11.3 Å². The Morgan fingerprint density at radius 1 is 1.21 bits per heavy atom. The zero-order valence-corrected chi connectivity index (χ0v) is 17.0. The first-order valence-corrected chi connectivity index (χ1v) is 10.1. The van der Waals surface area contributed by atoms with Crippen LogP contribution in [0.15, 0.2) is 30.6 Å². The van der Waals surface area contributed by atoms with E-state index in [4.69, 9.17) is 9.72 Å². The summed E-state index contributed by atoms with van der Waals surface area (Å²) in [5, 5.41) is 8.06. The topological polar surface area (TPSA) is 82.2 Å². The van der Waals surface area contributed by atoms with Gasteiger partial charge in [-0.1, -0.05) is 0 Å². The Morgan fingerprint density at radius 3 is 2.86 bits per heavy atom. The van der Waals surface area contributed by atoms with E-state index < -0.39 is 0 Å². The molecule has 4 aromatic heterocycles. The fourth-order valence-electron chi connectivity index (χ4n) is 4.23. The maximum Gasteiger partial charge on any atom is 0.241 e. The van der Waals surface area contributed by atoms with Crippen LogP contribution in [-0.4, -0.2) is 48.9 Å². The summed E-state index contributed by atoms with van der Waals surface area (Å²) in [4.78, 5) is 14.0. The molecule has 0 atom stereocenters. The molecule has 1 saturated carbocycles. The van der Waals surface area contributed by atoms with Gasteiger partial charge in [0.15, 0.2) is 5.65 Å². The van der Waals surface area contributed by atoms with Crippen LogP contribution < -0.4 is 5.32 Å². The van der Waals surface area contributed by atoms with E-state index in [1.54, 1.807) is 7.11 Å². The molecule has 4 heterocycles. The summed E-state index contributed by atoms with van der Waals surface area (Å²) < 4.78 is 9.21. The van der Waals surface area contributed by atoms with Crippen LogP contribution in [0.2, 0.25) is 0 Å². The molecule has 0 radical (unpaired) electrons. The molecule has 8 heteroatoms. The molecule has 8 nitrogen and oxygen atoms in total. The van der Waals surface area contributed by atoms with Crippen molar-refractivity contribution < 1.29 is 4.74 Å². The Bertz CT molecular complexity index is 1170. The van der Waals surface area contributed by atoms with Gasteiger partial charge in [-0.2, -0.15) is 0 Å². The van der Waals surface area contributed by atoms with E-state index in [1.165, 1.54) is 0 Å². The van der Waals surface area contributed by atoms with E-state index in [-0.39, 0.29) is 0 Å². The Hall–Kier alpha value is -3.00. The zero-order valence-electron chi connectivity index (χ0n) is 17.0. The average molecular weight is 391 g/mol. The van der Waals surface area contributed by atoms with Crippen LogP contribution in [0.1, 0.15) is 25.6 Å². The molecule has 5 rings (SSSR count). The van der Waals surface area contributed by atoms with Gasteiger partial charge in [-0.25, -0.2) is 19.5 Å². The molecule has 0 aromatic carbocycles. The molecule has 0 aliphatic heterocycles. The number of rotatable bonds is 6. The van der Waals surface area contributed by atoms with Crippen LogP contribution in [0.3, 0.4) is 0 Å². The van der Waals surface area contributed by atoms with Crippen LogP contribution in [0, 0.1) is 12.8 Å². The van der Waals surface area contributed by atoms with E-state index in [9.17, 15) is 0 Å². The Kier molecular flexibility index (Phi) is 4.43. The summed E-state index contributed by atoms with van der Waals surface area (Å²) in [5.41, 5.74) is 4.69. The standard InChI is InChI=1S/C21H25N7O/c1-4-27-13(2)23-18-6-5-17(25-20(18)27)16-7-8-28-19(16)11-22-21(26-28)24-15-9-14(10-15)12-29-3/h5-8,11,14-15H,4,9-10,12H2,1-3H3,(H,24,26)/t14-,15-. The molecule has 1 fully saturated rings. The Labute approximate surface area is 168 Å². The molecule has 0 unspecified atom stereocenters. The second kappa shape index (κ2) is 7.11. The monoisotopic (exact) mass is 391 g/mol. The maximum absolute atomic E-state index is 5.21. The second-order valence-corrected chi connectivity index (χ2v) is 7.72. The summed E-state index contributed by atoms with van der Waals surface area (Å²) in [6.45, 7) is 5.80. The highest BCUT2D eigenvalue weighted by molar-refractivity contribution is 5.82. The lowest BCUT2D eigenvalue weighted by Gasteiger charge is -2.35. The Balaban J connectivity index is 1.42. The third-order valence-corrected chi connectivity index (χ3v) is 5.76. The lowest BCUT2D eigenvalue weighted by Crippen LogP contribution is -2.38. The van der Waals surface area contributed by atoms with Crippen molar-refractivity contribution in [1.29, 1.82) is 0 Å². The number of nitrogens with zero attached hydrogens (tertiary/aromatic N) is 6. The molecule has 0 spiro atoms. The predicted octanol–water partition coefficient (Wildman–Crippen LogP) is 3.31. The van der Waals surface area contributed by atoms with Gasteiger partial charge in [0.1, 0.15) is 11.3 Å². The first kappa shape index (κ1) is 18.1. The van der Waals surface area contributed by atoms with Crippen molar-refractivity contribution in [2.24, 2.45) is 5.92 Å². The molecule has 0 bridgehead atoms. The normalized spacial score (nSPS) is 19.0.